The van der Waals surface area contributed by atoms with Crippen LogP contribution >= 0.6 is 0 Å². The van der Waals surface area contributed by atoms with Crippen LogP contribution in [-0.4, -0.2) is 11.1 Å². The molecule has 0 spiro atoms. The summed E-state index contributed by atoms with van der Waals surface area (Å²) in [6.45, 7) is 0. The van der Waals surface area contributed by atoms with E-state index in [1.54, 1.807) is 18.2 Å². The highest BCUT2D eigenvalue weighted by Gasteiger charge is 2.08. The van der Waals surface area contributed by atoms with E-state index in [-0.39, 0.29) is 5.91 Å². The molecule has 0 atom stereocenters. The number of nitrogens with two attached hydrogens (primary N) is 2. The number of nitrogens with one attached hydrogen (secondary N) is 1. The summed E-state index contributed by atoms with van der Waals surface area (Å²) in [5.41, 5.74) is 12.9. The molecule has 2 rings (SSSR count). The van der Waals surface area contributed by atoms with E-state index in [1.165, 1.54) is 12.5 Å². The van der Waals surface area contributed by atoms with Crippen molar-refractivity contribution in [2.45, 2.75) is 0 Å². The van der Waals surface area contributed by atoms with Crippen molar-refractivity contribution in [3.8, 4) is 0 Å². The van der Waals surface area contributed by atoms with Gasteiger partial charge in [-0.15, -0.1) is 0 Å². The number of nitrogen functional groups attached to an aromatic ring is 2. The first-order valence-electron chi connectivity index (χ1n) is 4.52. The fraction of sp³-hybridized carbons (Fsp3) is 0. The summed E-state index contributed by atoms with van der Waals surface area (Å²) in [7, 11) is 0. The number of carbonyl (C=O) groups is 1. The maximum absolute atomic E-state index is 11.7. The number of hydrogen-bond donors (Lipinski definition) is 3. The molecule has 6 nitrogen and oxygen atoms in total. The number of anilines is 3. The first-order chi connectivity index (χ1) is 7.65. The topological polar surface area (TPSA) is 107 Å². The second kappa shape index (κ2) is 3.93. The van der Waals surface area contributed by atoms with Crippen LogP contribution < -0.4 is 16.8 Å². The van der Waals surface area contributed by atoms with Gasteiger partial charge in [0.2, 0.25) is 0 Å². The lowest BCUT2D eigenvalue weighted by atomic mass is 10.1. The molecule has 2 aromatic rings. The monoisotopic (exact) mass is 218 g/mol. The molecule has 0 saturated carbocycles. The van der Waals surface area contributed by atoms with Gasteiger partial charge in [-0.1, -0.05) is 5.16 Å². The van der Waals surface area contributed by atoms with Gasteiger partial charge in [0.25, 0.3) is 5.91 Å². The predicted molar refractivity (Wildman–Crippen MR) is 59.7 cm³/mol. The molecule has 1 aromatic carbocycles. The minimum atomic E-state index is -0.317. The van der Waals surface area contributed by atoms with E-state index >= 15 is 0 Å². The Labute approximate surface area is 91.2 Å². The van der Waals surface area contributed by atoms with Gasteiger partial charge in [-0.3, -0.25) is 4.79 Å². The molecule has 0 aliphatic carbocycles. The molecular weight excluding hydrogens is 208 g/mol. The van der Waals surface area contributed by atoms with Crippen LogP contribution in [0, 0.1) is 0 Å². The van der Waals surface area contributed by atoms with Crippen LogP contribution in [0.2, 0.25) is 0 Å². The molecule has 1 aromatic heterocycles. The number of benzene rings is 1. The van der Waals surface area contributed by atoms with E-state index in [0.717, 1.165) is 0 Å². The van der Waals surface area contributed by atoms with Crippen LogP contribution in [-0.2, 0) is 0 Å². The highest BCUT2D eigenvalue weighted by Crippen LogP contribution is 2.15. The van der Waals surface area contributed by atoms with Gasteiger partial charge in [0, 0.05) is 16.9 Å². The third-order valence-electron chi connectivity index (χ3n) is 1.93. The van der Waals surface area contributed by atoms with Gasteiger partial charge in [-0.25, -0.2) is 0 Å². The Hall–Kier alpha value is -2.50. The molecule has 16 heavy (non-hydrogen) atoms. The van der Waals surface area contributed by atoms with Gasteiger partial charge in [-0.2, -0.15) is 0 Å². The van der Waals surface area contributed by atoms with Crippen LogP contribution in [0.5, 0.6) is 0 Å². The Morgan fingerprint density at radius 1 is 1.25 bits per heavy atom. The molecule has 0 saturated heterocycles. The standard InChI is InChI=1S/C10H10N4O2/c11-7-1-6(2-8(12)3-7)10(15)14-9-4-13-16-5-9/h1-5H,11-12H2,(H,14,15). The maximum atomic E-state index is 11.7. The lowest BCUT2D eigenvalue weighted by Crippen LogP contribution is -2.12. The first-order valence-corrected chi connectivity index (χ1v) is 4.52. The van der Waals surface area contributed by atoms with Crippen LogP contribution in [0.1, 0.15) is 10.4 Å². The van der Waals surface area contributed by atoms with Crippen LogP contribution in [0.3, 0.4) is 0 Å². The normalized spacial score (nSPS) is 10.0. The molecule has 0 unspecified atom stereocenters. The van der Waals surface area contributed by atoms with Crippen molar-refractivity contribution in [1.82, 2.24) is 5.16 Å². The fourth-order valence-corrected chi connectivity index (χ4v) is 1.28. The van der Waals surface area contributed by atoms with Crippen molar-refractivity contribution in [2.75, 3.05) is 16.8 Å². The maximum Gasteiger partial charge on any atom is 0.255 e. The number of rotatable bonds is 2. The highest BCUT2D eigenvalue weighted by molar-refractivity contribution is 6.05. The van der Waals surface area contributed by atoms with E-state index in [9.17, 15) is 4.79 Å². The van der Waals surface area contributed by atoms with Crippen molar-refractivity contribution in [1.29, 1.82) is 0 Å². The summed E-state index contributed by atoms with van der Waals surface area (Å²) in [5.74, 6) is -0.317. The summed E-state index contributed by atoms with van der Waals surface area (Å²) < 4.78 is 4.58. The quantitative estimate of drug-likeness (QED) is 0.654. The van der Waals surface area contributed by atoms with Crippen LogP contribution in [0.25, 0.3) is 0 Å². The second-order valence-corrected chi connectivity index (χ2v) is 3.26. The molecule has 5 N–H and O–H groups in total. The van der Waals surface area contributed by atoms with Gasteiger partial charge >= 0.3 is 0 Å². The SMILES string of the molecule is Nc1cc(N)cc(C(=O)Nc2cnoc2)c1. The Morgan fingerprint density at radius 3 is 2.50 bits per heavy atom. The molecular formula is C10H10N4O2. The number of hydrogen-bond acceptors (Lipinski definition) is 5. The van der Waals surface area contributed by atoms with E-state index < -0.39 is 0 Å². The highest BCUT2D eigenvalue weighted by atomic mass is 16.5. The smallest absolute Gasteiger partial charge is 0.255 e. The lowest BCUT2D eigenvalue weighted by molar-refractivity contribution is 0.102. The minimum absolute atomic E-state index is 0.317. The zero-order valence-corrected chi connectivity index (χ0v) is 8.31. The molecule has 82 valence electrons. The summed E-state index contributed by atoms with van der Waals surface area (Å²) in [6, 6.07) is 4.66. The molecule has 6 heteroatoms. The molecule has 1 heterocycles. The van der Waals surface area contributed by atoms with Crippen molar-refractivity contribution in [3.63, 3.8) is 0 Å². The summed E-state index contributed by atoms with van der Waals surface area (Å²) in [5, 5.41) is 6.05. The number of amides is 1. The van der Waals surface area contributed by atoms with Gasteiger partial charge in [0.15, 0.2) is 0 Å². The molecule has 0 aliphatic heterocycles. The number of nitrogens with zero attached hydrogens (tertiary/aromatic N) is 1. The summed E-state index contributed by atoms with van der Waals surface area (Å²) in [4.78, 5) is 11.7. The van der Waals surface area contributed by atoms with E-state index in [1.807, 2.05) is 0 Å². The van der Waals surface area contributed by atoms with Gasteiger partial charge in [-0.05, 0) is 18.2 Å². The third-order valence-corrected chi connectivity index (χ3v) is 1.93. The van der Waals surface area contributed by atoms with Crippen LogP contribution in [0.15, 0.2) is 35.2 Å². The van der Waals surface area contributed by atoms with Crippen molar-refractivity contribution >= 4 is 23.0 Å². The fourth-order valence-electron chi connectivity index (χ4n) is 1.28. The minimum Gasteiger partial charge on any atom is -0.399 e. The zero-order chi connectivity index (χ0) is 11.5. The first kappa shape index (κ1) is 10.0. The van der Waals surface area contributed by atoms with E-state index in [0.29, 0.717) is 22.6 Å². The van der Waals surface area contributed by atoms with E-state index in [4.69, 9.17) is 11.5 Å². The van der Waals surface area contributed by atoms with E-state index in [2.05, 4.69) is 15.0 Å². The van der Waals surface area contributed by atoms with Crippen molar-refractivity contribution in [3.05, 3.63) is 36.2 Å². The zero-order valence-electron chi connectivity index (χ0n) is 8.31. The Balaban J connectivity index is 2.21. The van der Waals surface area contributed by atoms with Gasteiger partial charge < -0.3 is 21.3 Å². The second-order valence-electron chi connectivity index (χ2n) is 3.26. The average Bonchev–Trinajstić information content (AvgIpc) is 2.68. The molecule has 0 radical (unpaired) electrons. The summed E-state index contributed by atoms with van der Waals surface area (Å²) >= 11 is 0. The average molecular weight is 218 g/mol. The largest absolute Gasteiger partial charge is 0.399 e. The van der Waals surface area contributed by atoms with Crippen molar-refractivity contribution < 1.29 is 9.32 Å². The Morgan fingerprint density at radius 2 is 1.94 bits per heavy atom. The van der Waals surface area contributed by atoms with Crippen molar-refractivity contribution in [2.24, 2.45) is 0 Å². The predicted octanol–water partition coefficient (Wildman–Crippen LogP) is 1.09. The molecule has 0 fully saturated rings. The number of aromatic nitrogens is 1. The van der Waals surface area contributed by atoms with Gasteiger partial charge in [0.05, 0.1) is 6.20 Å². The molecule has 1 amide bonds. The van der Waals surface area contributed by atoms with Gasteiger partial charge in [0.1, 0.15) is 12.0 Å². The Bertz CT molecular complexity index is 487. The lowest BCUT2D eigenvalue weighted by Gasteiger charge is -2.04. The third kappa shape index (κ3) is 2.11. The van der Waals surface area contributed by atoms with Crippen LogP contribution in [0.4, 0.5) is 17.1 Å². The summed E-state index contributed by atoms with van der Waals surface area (Å²) in [6.07, 6.45) is 2.72. The Kier molecular flexibility index (Phi) is 2.47. The molecule has 0 aliphatic rings. The molecule has 0 bridgehead atoms. The number of carbonyl (C=O) groups excluding carboxylic acids is 1.